The van der Waals surface area contributed by atoms with E-state index in [0.717, 1.165) is 11.3 Å². The summed E-state index contributed by atoms with van der Waals surface area (Å²) in [5, 5.41) is 0.0370. The number of alkyl halides is 3. The Morgan fingerprint density at radius 2 is 2.13 bits per heavy atom. The number of nitrogens with two attached hydrogens (primary N) is 1. The van der Waals surface area contributed by atoms with Gasteiger partial charge in [0.05, 0.1) is 18.7 Å². The number of thiazole rings is 1. The zero-order chi connectivity index (χ0) is 11.5. The minimum absolute atomic E-state index is 0.0370. The Kier molecular flexibility index (Phi) is 4.06. The van der Waals surface area contributed by atoms with E-state index in [1.165, 1.54) is 7.11 Å². The topological polar surface area (TPSA) is 48.1 Å². The van der Waals surface area contributed by atoms with Gasteiger partial charge in [-0.25, -0.2) is 4.98 Å². The molecule has 3 nitrogen and oxygen atoms in total. The number of ether oxygens (including phenoxy) is 1. The number of nitrogens with zero attached hydrogens (tertiary/aromatic N) is 1. The number of halogens is 3. The average Bonchev–Trinajstić information content (AvgIpc) is 2.45. The maximum atomic E-state index is 12.1. The van der Waals surface area contributed by atoms with E-state index in [9.17, 15) is 13.2 Å². The van der Waals surface area contributed by atoms with Gasteiger partial charge in [-0.1, -0.05) is 0 Å². The van der Waals surface area contributed by atoms with Crippen LogP contribution >= 0.6 is 11.3 Å². The maximum Gasteiger partial charge on any atom is 0.395 e. The fraction of sp³-hybridized carbons (Fsp3) is 0.625. The Balaban J connectivity index is 2.83. The van der Waals surface area contributed by atoms with Crippen LogP contribution in [0.5, 0.6) is 0 Å². The summed E-state index contributed by atoms with van der Waals surface area (Å²) in [6.07, 6.45) is -5.23. The van der Waals surface area contributed by atoms with Crippen LogP contribution in [0.25, 0.3) is 0 Å². The van der Waals surface area contributed by atoms with E-state index in [0.29, 0.717) is 10.6 Å². The molecule has 0 saturated heterocycles. The third kappa shape index (κ3) is 3.77. The lowest BCUT2D eigenvalue weighted by molar-refractivity contribution is -0.127. The summed E-state index contributed by atoms with van der Waals surface area (Å²) in [6.45, 7) is 0.384. The van der Waals surface area contributed by atoms with Gasteiger partial charge in [-0.15, -0.1) is 11.3 Å². The van der Waals surface area contributed by atoms with Crippen LogP contribution in [-0.4, -0.2) is 18.3 Å². The highest BCUT2D eigenvalue weighted by molar-refractivity contribution is 7.11. The van der Waals surface area contributed by atoms with Gasteiger partial charge in [0, 0.05) is 18.5 Å². The second-order valence-electron chi connectivity index (χ2n) is 2.91. The van der Waals surface area contributed by atoms with Crippen molar-refractivity contribution in [2.24, 2.45) is 5.73 Å². The highest BCUT2D eigenvalue weighted by Crippen LogP contribution is 2.26. The molecular weight excluding hydrogens is 229 g/mol. The predicted molar refractivity (Wildman–Crippen MR) is 50.5 cm³/mol. The van der Waals surface area contributed by atoms with Gasteiger partial charge >= 0.3 is 6.18 Å². The number of rotatable bonds is 4. The SMILES string of the molecule is COCc1nc(CC(F)(F)F)sc1CN. The molecule has 7 heteroatoms. The van der Waals surface area contributed by atoms with E-state index >= 15 is 0 Å². The third-order valence-corrected chi connectivity index (χ3v) is 2.76. The Bertz CT molecular complexity index is 324. The lowest BCUT2D eigenvalue weighted by atomic mass is 10.3. The Morgan fingerprint density at radius 3 is 2.60 bits per heavy atom. The zero-order valence-corrected chi connectivity index (χ0v) is 8.91. The number of hydrogen-bond donors (Lipinski definition) is 1. The molecule has 1 aromatic heterocycles. The number of aromatic nitrogens is 1. The molecule has 0 unspecified atom stereocenters. The van der Waals surface area contributed by atoms with Gasteiger partial charge in [-0.05, 0) is 0 Å². The summed E-state index contributed by atoms with van der Waals surface area (Å²) in [4.78, 5) is 4.50. The smallest absolute Gasteiger partial charge is 0.378 e. The quantitative estimate of drug-likeness (QED) is 0.873. The fourth-order valence-electron chi connectivity index (χ4n) is 1.09. The van der Waals surface area contributed by atoms with E-state index in [1.807, 2.05) is 0 Å². The molecule has 1 aromatic rings. The maximum absolute atomic E-state index is 12.1. The van der Waals surface area contributed by atoms with Gasteiger partial charge < -0.3 is 10.5 Å². The number of methoxy groups -OCH3 is 1. The third-order valence-electron chi connectivity index (χ3n) is 1.64. The predicted octanol–water partition coefficient (Wildman–Crippen LogP) is 1.85. The summed E-state index contributed by atoms with van der Waals surface area (Å²) in [5.41, 5.74) is 5.90. The van der Waals surface area contributed by atoms with Crippen LogP contribution in [-0.2, 0) is 24.3 Å². The molecule has 15 heavy (non-hydrogen) atoms. The van der Waals surface area contributed by atoms with Crippen LogP contribution in [0.1, 0.15) is 15.6 Å². The van der Waals surface area contributed by atoms with Crippen molar-refractivity contribution in [3.63, 3.8) is 0 Å². The van der Waals surface area contributed by atoms with Gasteiger partial charge in [0.15, 0.2) is 0 Å². The molecule has 0 aliphatic rings. The van der Waals surface area contributed by atoms with Gasteiger partial charge in [-0.2, -0.15) is 13.2 Å². The molecule has 0 fully saturated rings. The second-order valence-corrected chi connectivity index (χ2v) is 4.07. The monoisotopic (exact) mass is 240 g/mol. The van der Waals surface area contributed by atoms with Crippen molar-refractivity contribution < 1.29 is 17.9 Å². The fourth-order valence-corrected chi connectivity index (χ4v) is 2.07. The summed E-state index contributed by atoms with van der Waals surface area (Å²) in [7, 11) is 1.46. The lowest BCUT2D eigenvalue weighted by Gasteiger charge is -2.01. The molecule has 0 bridgehead atoms. The summed E-state index contributed by atoms with van der Waals surface area (Å²) < 4.78 is 41.0. The zero-order valence-electron chi connectivity index (χ0n) is 8.10. The van der Waals surface area contributed by atoms with Crippen LogP contribution in [0.15, 0.2) is 0 Å². The molecule has 0 aliphatic carbocycles. The van der Waals surface area contributed by atoms with Crippen molar-refractivity contribution in [1.82, 2.24) is 4.98 Å². The van der Waals surface area contributed by atoms with Crippen LogP contribution in [0, 0.1) is 0 Å². The summed E-state index contributed by atoms with van der Waals surface area (Å²) >= 11 is 0.990. The van der Waals surface area contributed by atoms with Crippen LogP contribution in [0.4, 0.5) is 13.2 Å². The summed E-state index contributed by atoms with van der Waals surface area (Å²) in [5.74, 6) is 0. The molecule has 0 aliphatic heterocycles. The molecule has 0 spiro atoms. The highest BCUT2D eigenvalue weighted by Gasteiger charge is 2.30. The minimum Gasteiger partial charge on any atom is -0.378 e. The van der Waals surface area contributed by atoms with Crippen molar-refractivity contribution >= 4 is 11.3 Å². The Hall–Kier alpha value is -0.660. The first-order valence-electron chi connectivity index (χ1n) is 4.19. The molecule has 1 rings (SSSR count). The molecule has 0 atom stereocenters. The average molecular weight is 240 g/mol. The van der Waals surface area contributed by atoms with E-state index in [-0.39, 0.29) is 18.2 Å². The Labute approximate surface area is 89.1 Å². The first-order valence-corrected chi connectivity index (χ1v) is 5.01. The van der Waals surface area contributed by atoms with E-state index in [1.54, 1.807) is 0 Å². The van der Waals surface area contributed by atoms with Crippen LogP contribution in [0.3, 0.4) is 0 Å². The van der Waals surface area contributed by atoms with Crippen molar-refractivity contribution in [1.29, 1.82) is 0 Å². The van der Waals surface area contributed by atoms with Crippen LogP contribution in [0.2, 0.25) is 0 Å². The van der Waals surface area contributed by atoms with E-state index in [4.69, 9.17) is 10.5 Å². The molecular formula is C8H11F3N2OS. The van der Waals surface area contributed by atoms with E-state index < -0.39 is 12.6 Å². The van der Waals surface area contributed by atoms with Gasteiger partial charge in [0.2, 0.25) is 0 Å². The molecule has 1 heterocycles. The molecule has 0 amide bonds. The molecule has 0 saturated carbocycles. The van der Waals surface area contributed by atoms with E-state index in [2.05, 4.69) is 4.98 Å². The minimum atomic E-state index is -4.23. The van der Waals surface area contributed by atoms with Crippen LogP contribution < -0.4 is 5.73 Å². The van der Waals surface area contributed by atoms with Crippen molar-refractivity contribution in [3.05, 3.63) is 15.6 Å². The first kappa shape index (κ1) is 12.4. The molecule has 86 valence electrons. The summed E-state index contributed by atoms with van der Waals surface area (Å²) in [6, 6.07) is 0. The lowest BCUT2D eigenvalue weighted by Crippen LogP contribution is -2.11. The molecule has 2 N–H and O–H groups in total. The largest absolute Gasteiger partial charge is 0.395 e. The molecule has 0 aromatic carbocycles. The first-order chi connectivity index (χ1) is 6.96. The van der Waals surface area contributed by atoms with Crippen molar-refractivity contribution in [3.8, 4) is 0 Å². The standard InChI is InChI=1S/C8H11F3N2OS/c1-14-4-5-6(3-12)15-7(13-5)2-8(9,10)11/h2-4,12H2,1H3. The Morgan fingerprint density at radius 1 is 1.47 bits per heavy atom. The van der Waals surface area contributed by atoms with Gasteiger partial charge in [0.25, 0.3) is 0 Å². The van der Waals surface area contributed by atoms with Gasteiger partial charge in [-0.3, -0.25) is 0 Å². The molecule has 0 radical (unpaired) electrons. The van der Waals surface area contributed by atoms with Crippen molar-refractivity contribution in [2.45, 2.75) is 25.7 Å². The normalized spacial score (nSPS) is 12.1. The van der Waals surface area contributed by atoms with Gasteiger partial charge in [0.1, 0.15) is 5.01 Å². The second kappa shape index (κ2) is 4.91. The van der Waals surface area contributed by atoms with Crippen molar-refractivity contribution in [2.75, 3.05) is 7.11 Å². The number of hydrogen-bond acceptors (Lipinski definition) is 4. The highest BCUT2D eigenvalue weighted by atomic mass is 32.1.